The van der Waals surface area contributed by atoms with Gasteiger partial charge in [-0.15, -0.1) is 0 Å². The van der Waals surface area contributed by atoms with Crippen molar-refractivity contribution in [3.05, 3.63) is 29.8 Å². The van der Waals surface area contributed by atoms with Gasteiger partial charge in [0.2, 0.25) is 0 Å². The molecule has 0 saturated carbocycles. The molecule has 0 spiro atoms. The van der Waals surface area contributed by atoms with Crippen LogP contribution >= 0.6 is 12.2 Å². The zero-order valence-electron chi connectivity index (χ0n) is 12.9. The minimum absolute atomic E-state index is 0.385. The van der Waals surface area contributed by atoms with Crippen molar-refractivity contribution in [1.29, 1.82) is 0 Å². The minimum Gasteiger partial charge on any atom is -0.492 e. The van der Waals surface area contributed by atoms with Crippen LogP contribution in [0.2, 0.25) is 0 Å². The van der Waals surface area contributed by atoms with Crippen LogP contribution in [0, 0.1) is 0 Å². The maximum absolute atomic E-state index is 5.87. The summed E-state index contributed by atoms with van der Waals surface area (Å²) in [6.07, 6.45) is 0. The van der Waals surface area contributed by atoms with Crippen LogP contribution in [-0.4, -0.2) is 60.2 Å². The van der Waals surface area contributed by atoms with Gasteiger partial charge in [0.15, 0.2) is 0 Å². The summed E-state index contributed by atoms with van der Waals surface area (Å²) in [5.41, 5.74) is 6.53. The number of rotatable bonds is 6. The fourth-order valence-electron chi connectivity index (χ4n) is 2.82. The smallest absolute Gasteiger partial charge is 0.129 e. The molecule has 2 N–H and O–H groups in total. The zero-order chi connectivity index (χ0) is 15.2. The Labute approximate surface area is 132 Å². The molecule has 0 aromatic heterocycles. The third kappa shape index (κ3) is 4.40. The van der Waals surface area contributed by atoms with E-state index < -0.39 is 0 Å². The Hall–Kier alpha value is -1.17. The molecule has 1 aliphatic rings. The highest BCUT2D eigenvalue weighted by Crippen LogP contribution is 2.17. The van der Waals surface area contributed by atoms with Gasteiger partial charge in [-0.05, 0) is 25.6 Å². The van der Waals surface area contributed by atoms with E-state index in [-0.39, 0.29) is 0 Å². The van der Waals surface area contributed by atoms with Gasteiger partial charge in [-0.1, -0.05) is 31.3 Å². The molecule has 2 rings (SSSR count). The Balaban J connectivity index is 1.81. The maximum Gasteiger partial charge on any atom is 0.129 e. The Morgan fingerprint density at radius 2 is 2.14 bits per heavy atom. The van der Waals surface area contributed by atoms with Crippen LogP contribution < -0.4 is 10.5 Å². The van der Waals surface area contributed by atoms with Crippen LogP contribution in [0.4, 0.5) is 0 Å². The average Bonchev–Trinajstić information content (AvgIpc) is 2.48. The molecule has 1 aliphatic heterocycles. The second kappa shape index (κ2) is 7.73. The summed E-state index contributed by atoms with van der Waals surface area (Å²) in [7, 11) is 0. The predicted molar refractivity (Wildman–Crippen MR) is 91.0 cm³/mol. The van der Waals surface area contributed by atoms with Crippen molar-refractivity contribution in [3.8, 4) is 5.75 Å². The molecule has 4 nitrogen and oxygen atoms in total. The van der Waals surface area contributed by atoms with E-state index in [1.54, 1.807) is 0 Å². The van der Waals surface area contributed by atoms with Gasteiger partial charge >= 0.3 is 0 Å². The Morgan fingerprint density at radius 1 is 1.38 bits per heavy atom. The lowest BCUT2D eigenvalue weighted by Crippen LogP contribution is -2.52. The number of ether oxygens (including phenoxy) is 1. The first-order chi connectivity index (χ1) is 10.1. The van der Waals surface area contributed by atoms with Crippen LogP contribution in [0.25, 0.3) is 0 Å². The number of likely N-dealkylation sites (N-methyl/N-ethyl adjacent to an activating group) is 1. The first-order valence-electron chi connectivity index (χ1n) is 7.59. The highest BCUT2D eigenvalue weighted by Gasteiger charge is 2.21. The number of thiocarbonyl (C=S) groups is 1. The zero-order valence-corrected chi connectivity index (χ0v) is 13.7. The molecule has 21 heavy (non-hydrogen) atoms. The Kier molecular flexibility index (Phi) is 5.96. The number of benzene rings is 1. The van der Waals surface area contributed by atoms with E-state index in [0.717, 1.165) is 44.0 Å². The summed E-state index contributed by atoms with van der Waals surface area (Å²) in [5, 5.41) is 0. The largest absolute Gasteiger partial charge is 0.492 e. The van der Waals surface area contributed by atoms with Crippen LogP contribution in [0.15, 0.2) is 24.3 Å². The number of hydrogen-bond acceptors (Lipinski definition) is 4. The third-order valence-electron chi connectivity index (χ3n) is 4.07. The second-order valence-corrected chi connectivity index (χ2v) is 5.93. The lowest BCUT2D eigenvalue weighted by Gasteiger charge is -2.39. The Bertz CT molecular complexity index is 480. The summed E-state index contributed by atoms with van der Waals surface area (Å²) < 4.78 is 5.87. The normalized spacial score (nSPS) is 20.4. The number of para-hydroxylation sites is 1. The van der Waals surface area contributed by atoms with E-state index in [9.17, 15) is 0 Å². The molecule has 1 heterocycles. The molecular formula is C16H25N3OS. The van der Waals surface area contributed by atoms with E-state index in [1.165, 1.54) is 0 Å². The van der Waals surface area contributed by atoms with Crippen molar-refractivity contribution in [2.45, 2.75) is 19.9 Å². The quantitative estimate of drug-likeness (QED) is 0.811. The summed E-state index contributed by atoms with van der Waals surface area (Å²) in [6, 6.07) is 8.31. The summed E-state index contributed by atoms with van der Waals surface area (Å²) in [4.78, 5) is 5.36. The van der Waals surface area contributed by atoms with Gasteiger partial charge in [-0.2, -0.15) is 0 Å². The summed E-state index contributed by atoms with van der Waals surface area (Å²) in [5.74, 6) is 0.783. The summed E-state index contributed by atoms with van der Waals surface area (Å²) >= 11 is 5.05. The SMILES string of the molecule is CCN1CCN(CCOc2ccccc2C(N)=S)CC1C. The second-order valence-electron chi connectivity index (χ2n) is 5.49. The minimum atomic E-state index is 0.385. The van der Waals surface area contributed by atoms with Gasteiger partial charge in [-0.25, -0.2) is 0 Å². The lowest BCUT2D eigenvalue weighted by molar-refractivity contribution is 0.0781. The Morgan fingerprint density at radius 3 is 2.81 bits per heavy atom. The standard InChI is InChI=1S/C16H25N3OS/c1-3-19-9-8-18(12-13(19)2)10-11-20-15-7-5-4-6-14(15)16(17)21/h4-7,13H,3,8-12H2,1-2H3,(H2,17,21). The summed E-state index contributed by atoms with van der Waals surface area (Å²) in [6.45, 7) is 10.6. The topological polar surface area (TPSA) is 41.7 Å². The number of piperazine rings is 1. The molecule has 0 aliphatic carbocycles. The molecule has 1 aromatic carbocycles. The molecule has 1 saturated heterocycles. The number of hydrogen-bond donors (Lipinski definition) is 1. The van der Waals surface area contributed by atoms with E-state index in [4.69, 9.17) is 22.7 Å². The predicted octanol–water partition coefficient (Wildman–Crippen LogP) is 1.73. The van der Waals surface area contributed by atoms with E-state index in [0.29, 0.717) is 17.6 Å². The molecule has 0 radical (unpaired) electrons. The van der Waals surface area contributed by atoms with Gasteiger partial charge in [-0.3, -0.25) is 9.80 Å². The van der Waals surface area contributed by atoms with Gasteiger partial charge in [0, 0.05) is 32.2 Å². The molecule has 1 aromatic rings. The van der Waals surface area contributed by atoms with Gasteiger partial charge < -0.3 is 10.5 Å². The van der Waals surface area contributed by atoms with Crippen LogP contribution in [-0.2, 0) is 0 Å². The first kappa shape index (κ1) is 16.2. The molecule has 116 valence electrons. The highest BCUT2D eigenvalue weighted by molar-refractivity contribution is 7.80. The molecule has 5 heteroatoms. The molecule has 1 unspecified atom stereocenters. The van der Waals surface area contributed by atoms with Crippen molar-refractivity contribution in [2.75, 3.05) is 39.3 Å². The van der Waals surface area contributed by atoms with Gasteiger partial charge in [0.05, 0.1) is 5.56 Å². The van der Waals surface area contributed by atoms with Crippen LogP contribution in [0.3, 0.4) is 0 Å². The lowest BCUT2D eigenvalue weighted by atomic mass is 10.2. The average molecular weight is 307 g/mol. The van der Waals surface area contributed by atoms with Crippen molar-refractivity contribution in [2.24, 2.45) is 5.73 Å². The van der Waals surface area contributed by atoms with Crippen LogP contribution in [0.1, 0.15) is 19.4 Å². The molecule has 1 atom stereocenters. The first-order valence-corrected chi connectivity index (χ1v) is 8.00. The van der Waals surface area contributed by atoms with E-state index in [2.05, 4.69) is 23.6 Å². The third-order valence-corrected chi connectivity index (χ3v) is 4.29. The van der Waals surface area contributed by atoms with Crippen molar-refractivity contribution < 1.29 is 4.74 Å². The van der Waals surface area contributed by atoms with E-state index in [1.807, 2.05) is 24.3 Å². The fourth-order valence-corrected chi connectivity index (χ4v) is 2.99. The maximum atomic E-state index is 5.87. The van der Waals surface area contributed by atoms with E-state index >= 15 is 0 Å². The number of nitrogens with two attached hydrogens (primary N) is 1. The van der Waals surface area contributed by atoms with Crippen molar-refractivity contribution >= 4 is 17.2 Å². The van der Waals surface area contributed by atoms with Crippen molar-refractivity contribution in [1.82, 2.24) is 9.80 Å². The fraction of sp³-hybridized carbons (Fsp3) is 0.562. The highest BCUT2D eigenvalue weighted by atomic mass is 32.1. The van der Waals surface area contributed by atoms with Crippen molar-refractivity contribution in [3.63, 3.8) is 0 Å². The van der Waals surface area contributed by atoms with Gasteiger partial charge in [0.1, 0.15) is 17.3 Å². The molecule has 1 fully saturated rings. The molecular weight excluding hydrogens is 282 g/mol. The monoisotopic (exact) mass is 307 g/mol. The molecule has 0 amide bonds. The van der Waals surface area contributed by atoms with Gasteiger partial charge in [0.25, 0.3) is 0 Å². The number of nitrogens with zero attached hydrogens (tertiary/aromatic N) is 2. The molecule has 0 bridgehead atoms. The van der Waals surface area contributed by atoms with Crippen LogP contribution in [0.5, 0.6) is 5.75 Å².